The molecule has 1 heterocycles. The first kappa shape index (κ1) is 26.2. The number of esters is 1. The molecule has 36 heavy (non-hydrogen) atoms. The number of benzene rings is 3. The number of ether oxygens (including phenoxy) is 2. The maximum atomic E-state index is 13.9. The third kappa shape index (κ3) is 6.28. The molecule has 0 aromatic heterocycles. The van der Waals surface area contributed by atoms with Crippen LogP contribution in [0.4, 0.5) is 5.69 Å². The summed E-state index contributed by atoms with van der Waals surface area (Å²) in [4.78, 5) is 28.4. The van der Waals surface area contributed by atoms with E-state index in [0.29, 0.717) is 33.4 Å². The lowest BCUT2D eigenvalue weighted by molar-refractivity contribution is -0.153. The first-order valence-corrected chi connectivity index (χ1v) is 12.6. The van der Waals surface area contributed by atoms with E-state index < -0.39 is 18.2 Å². The minimum Gasteiger partial charge on any atom is -0.461 e. The average molecular weight is 526 g/mol. The van der Waals surface area contributed by atoms with E-state index in [9.17, 15) is 9.59 Å². The Hall–Kier alpha value is -2.86. The molecule has 1 aliphatic rings. The molecule has 0 N–H and O–H groups in total. The molecule has 5 nitrogen and oxygen atoms in total. The predicted octanol–water partition coefficient (Wildman–Crippen LogP) is 6.99. The Morgan fingerprint density at radius 2 is 1.67 bits per heavy atom. The maximum absolute atomic E-state index is 13.9. The van der Waals surface area contributed by atoms with Crippen molar-refractivity contribution in [2.24, 2.45) is 5.41 Å². The van der Waals surface area contributed by atoms with Crippen LogP contribution in [0, 0.1) is 5.41 Å². The largest absolute Gasteiger partial charge is 0.461 e. The van der Waals surface area contributed by atoms with Gasteiger partial charge in [0.2, 0.25) is 0 Å². The van der Waals surface area contributed by atoms with Crippen LogP contribution in [0.5, 0.6) is 0 Å². The Morgan fingerprint density at radius 1 is 0.972 bits per heavy atom. The topological polar surface area (TPSA) is 55.8 Å². The number of carbonyl (C=O) groups excluding carboxylic acids is 2. The Bertz CT molecular complexity index is 1240. The summed E-state index contributed by atoms with van der Waals surface area (Å²) in [5.74, 6) is -0.825. The summed E-state index contributed by atoms with van der Waals surface area (Å²) in [6, 6.07) is 22.1. The van der Waals surface area contributed by atoms with Crippen molar-refractivity contribution in [1.29, 1.82) is 0 Å². The number of halogens is 2. The summed E-state index contributed by atoms with van der Waals surface area (Å²) < 4.78 is 11.9. The van der Waals surface area contributed by atoms with Gasteiger partial charge in [-0.1, -0.05) is 92.5 Å². The van der Waals surface area contributed by atoms with Crippen LogP contribution in [0.2, 0.25) is 10.0 Å². The van der Waals surface area contributed by atoms with Crippen molar-refractivity contribution >= 4 is 40.8 Å². The van der Waals surface area contributed by atoms with Crippen molar-refractivity contribution in [1.82, 2.24) is 0 Å². The Morgan fingerprint density at radius 3 is 2.36 bits per heavy atom. The van der Waals surface area contributed by atoms with Crippen molar-refractivity contribution in [2.45, 2.75) is 46.0 Å². The molecule has 0 saturated heterocycles. The number of rotatable bonds is 6. The normalized spacial score (nSPS) is 17.9. The van der Waals surface area contributed by atoms with Gasteiger partial charge < -0.3 is 14.4 Å². The summed E-state index contributed by atoms with van der Waals surface area (Å²) in [7, 11) is 0. The molecule has 0 spiro atoms. The number of hydrogen-bond acceptors (Lipinski definition) is 4. The van der Waals surface area contributed by atoms with Crippen LogP contribution in [0.3, 0.4) is 0 Å². The van der Waals surface area contributed by atoms with Crippen LogP contribution in [-0.2, 0) is 25.7 Å². The lowest BCUT2D eigenvalue weighted by Crippen LogP contribution is -2.44. The van der Waals surface area contributed by atoms with Crippen molar-refractivity contribution in [2.75, 3.05) is 11.4 Å². The molecule has 2 atom stereocenters. The molecule has 0 fully saturated rings. The van der Waals surface area contributed by atoms with Gasteiger partial charge in [0.15, 0.2) is 0 Å². The van der Waals surface area contributed by atoms with E-state index in [1.165, 1.54) is 0 Å². The molecule has 1 amide bonds. The van der Waals surface area contributed by atoms with Gasteiger partial charge in [0, 0.05) is 33.4 Å². The Labute approximate surface area is 221 Å². The third-order valence-electron chi connectivity index (χ3n) is 5.82. The zero-order chi connectivity index (χ0) is 25.9. The van der Waals surface area contributed by atoms with E-state index in [2.05, 4.69) is 20.8 Å². The quantitative estimate of drug-likeness (QED) is 0.325. The highest BCUT2D eigenvalue weighted by Gasteiger charge is 2.39. The number of hydrogen-bond donors (Lipinski definition) is 0. The monoisotopic (exact) mass is 525 g/mol. The van der Waals surface area contributed by atoms with Crippen molar-refractivity contribution in [3.8, 4) is 0 Å². The summed E-state index contributed by atoms with van der Waals surface area (Å²) in [6.45, 7) is 6.70. The summed E-state index contributed by atoms with van der Waals surface area (Å²) >= 11 is 13.0. The highest BCUT2D eigenvalue weighted by atomic mass is 35.5. The maximum Gasteiger partial charge on any atom is 0.309 e. The van der Waals surface area contributed by atoms with Crippen molar-refractivity contribution in [3.63, 3.8) is 0 Å². The van der Waals surface area contributed by atoms with Gasteiger partial charge in [0.05, 0.1) is 6.42 Å². The molecule has 0 radical (unpaired) electrons. The van der Waals surface area contributed by atoms with E-state index in [1.807, 2.05) is 54.6 Å². The molecule has 0 unspecified atom stereocenters. The van der Waals surface area contributed by atoms with Crippen LogP contribution in [0.15, 0.2) is 72.8 Å². The molecule has 0 aliphatic carbocycles. The summed E-state index contributed by atoms with van der Waals surface area (Å²) in [5.41, 5.74) is 2.74. The fourth-order valence-electron chi connectivity index (χ4n) is 4.22. The zero-order valence-corrected chi connectivity index (χ0v) is 22.1. The SMILES string of the molecule is CC(C)(C)CN1C(=O)[C@@H](CC(=O)OCc2ccccc2)O[C@H](c2ccccc2Cl)c2cc(Cl)ccc21. The van der Waals surface area contributed by atoms with Gasteiger partial charge in [-0.05, 0) is 35.2 Å². The van der Waals surface area contributed by atoms with Crippen LogP contribution in [-0.4, -0.2) is 24.5 Å². The van der Waals surface area contributed by atoms with Crippen LogP contribution >= 0.6 is 23.2 Å². The van der Waals surface area contributed by atoms with Crippen molar-refractivity contribution in [3.05, 3.63) is 99.5 Å². The van der Waals surface area contributed by atoms with E-state index in [0.717, 1.165) is 5.56 Å². The van der Waals surface area contributed by atoms with Gasteiger partial charge in [-0.25, -0.2) is 0 Å². The molecule has 1 aliphatic heterocycles. The number of fused-ring (bicyclic) bond motifs is 1. The van der Waals surface area contributed by atoms with Crippen LogP contribution < -0.4 is 4.90 Å². The standard InChI is InChI=1S/C29H29Cl2NO4/c1-29(2,3)18-32-24-14-13-20(30)15-22(24)27(21-11-7-8-12-23(21)31)36-25(28(32)34)16-26(33)35-17-19-9-5-4-6-10-19/h4-15,25,27H,16-18H2,1-3H3/t25-,27-/m1/s1. The lowest BCUT2D eigenvalue weighted by atomic mass is 9.94. The Kier molecular flexibility index (Phi) is 8.04. The molecule has 3 aromatic carbocycles. The van der Waals surface area contributed by atoms with E-state index >= 15 is 0 Å². The van der Waals surface area contributed by atoms with Crippen LogP contribution in [0.1, 0.15) is 50.0 Å². The van der Waals surface area contributed by atoms with Gasteiger partial charge in [0.25, 0.3) is 5.91 Å². The number of amides is 1. The molecule has 4 rings (SSSR count). The fourth-order valence-corrected chi connectivity index (χ4v) is 4.63. The Balaban J connectivity index is 1.71. The first-order valence-electron chi connectivity index (χ1n) is 11.8. The summed E-state index contributed by atoms with van der Waals surface area (Å²) in [6.07, 6.45) is -1.99. The van der Waals surface area contributed by atoms with Gasteiger partial charge in [-0.3, -0.25) is 9.59 Å². The molecule has 3 aromatic rings. The van der Waals surface area contributed by atoms with Crippen LogP contribution in [0.25, 0.3) is 0 Å². The second kappa shape index (κ2) is 11.0. The molecule has 7 heteroatoms. The van der Waals surface area contributed by atoms with E-state index in [4.69, 9.17) is 32.7 Å². The summed E-state index contributed by atoms with van der Waals surface area (Å²) in [5, 5.41) is 1.01. The highest BCUT2D eigenvalue weighted by Crippen LogP contribution is 2.42. The smallest absolute Gasteiger partial charge is 0.309 e. The zero-order valence-electron chi connectivity index (χ0n) is 20.5. The van der Waals surface area contributed by atoms with Gasteiger partial charge in [0.1, 0.15) is 18.8 Å². The van der Waals surface area contributed by atoms with Gasteiger partial charge in [-0.15, -0.1) is 0 Å². The van der Waals surface area contributed by atoms with Gasteiger partial charge in [-0.2, -0.15) is 0 Å². The number of carbonyl (C=O) groups is 2. The first-order chi connectivity index (χ1) is 17.1. The molecule has 188 valence electrons. The highest BCUT2D eigenvalue weighted by molar-refractivity contribution is 6.31. The lowest BCUT2D eigenvalue weighted by Gasteiger charge is -2.31. The number of anilines is 1. The molecular formula is C29H29Cl2NO4. The number of nitrogens with zero attached hydrogens (tertiary/aromatic N) is 1. The second-order valence-corrected chi connectivity index (χ2v) is 10.9. The molecule has 0 bridgehead atoms. The molecule has 0 saturated carbocycles. The third-order valence-corrected chi connectivity index (χ3v) is 6.40. The second-order valence-electron chi connectivity index (χ2n) is 10.1. The predicted molar refractivity (Wildman–Crippen MR) is 142 cm³/mol. The average Bonchev–Trinajstić information content (AvgIpc) is 2.93. The van der Waals surface area contributed by atoms with E-state index in [-0.39, 0.29) is 24.3 Å². The fraction of sp³-hybridized carbons (Fsp3) is 0.310. The van der Waals surface area contributed by atoms with Crippen molar-refractivity contribution < 1.29 is 19.1 Å². The van der Waals surface area contributed by atoms with E-state index in [1.54, 1.807) is 23.1 Å². The van der Waals surface area contributed by atoms with Gasteiger partial charge >= 0.3 is 5.97 Å². The molecular weight excluding hydrogens is 497 g/mol. The minimum absolute atomic E-state index is 0.121. The minimum atomic E-state index is -1.07.